The minimum Gasteiger partial charge on any atom is -0.303 e. The SMILES string of the molecule is C=CC[C@@H]1S/C(=N\N=C/c2cccs2)NC1=O. The average Bonchev–Trinajstić information content (AvgIpc) is 2.91. The molecule has 0 unspecified atom stereocenters. The summed E-state index contributed by atoms with van der Waals surface area (Å²) in [4.78, 5) is 12.5. The predicted molar refractivity (Wildman–Crippen MR) is 73.7 cm³/mol. The summed E-state index contributed by atoms with van der Waals surface area (Å²) < 4.78 is 0. The molecule has 1 atom stereocenters. The zero-order valence-electron chi connectivity index (χ0n) is 9.00. The summed E-state index contributed by atoms with van der Waals surface area (Å²) in [5.41, 5.74) is 0. The number of amides is 1. The first-order valence-corrected chi connectivity index (χ1v) is 6.78. The van der Waals surface area contributed by atoms with E-state index in [4.69, 9.17) is 0 Å². The monoisotopic (exact) mass is 265 g/mol. The second kappa shape index (κ2) is 5.79. The molecule has 1 aromatic heterocycles. The van der Waals surface area contributed by atoms with Crippen LogP contribution in [0.5, 0.6) is 0 Å². The molecule has 1 aliphatic heterocycles. The second-order valence-electron chi connectivity index (χ2n) is 3.29. The summed E-state index contributed by atoms with van der Waals surface area (Å²) in [6.07, 6.45) is 4.05. The van der Waals surface area contributed by atoms with Crippen molar-refractivity contribution < 1.29 is 4.79 Å². The van der Waals surface area contributed by atoms with Gasteiger partial charge in [0.25, 0.3) is 0 Å². The molecule has 1 amide bonds. The molecule has 0 radical (unpaired) electrons. The largest absolute Gasteiger partial charge is 0.303 e. The molecule has 1 saturated heterocycles. The number of hydrogen-bond acceptors (Lipinski definition) is 5. The van der Waals surface area contributed by atoms with Gasteiger partial charge in [-0.1, -0.05) is 23.9 Å². The van der Waals surface area contributed by atoms with Gasteiger partial charge in [-0.15, -0.1) is 23.0 Å². The third-order valence-corrected chi connectivity index (χ3v) is 3.94. The summed E-state index contributed by atoms with van der Waals surface area (Å²) >= 11 is 2.98. The first-order chi connectivity index (χ1) is 8.29. The molecule has 4 nitrogen and oxygen atoms in total. The van der Waals surface area contributed by atoms with Crippen LogP contribution in [0.15, 0.2) is 40.4 Å². The molecule has 6 heteroatoms. The Hall–Kier alpha value is -1.40. The van der Waals surface area contributed by atoms with Crippen molar-refractivity contribution in [1.82, 2.24) is 5.32 Å². The zero-order valence-corrected chi connectivity index (χ0v) is 10.6. The summed E-state index contributed by atoms with van der Waals surface area (Å²) in [7, 11) is 0. The van der Waals surface area contributed by atoms with Crippen molar-refractivity contribution in [2.75, 3.05) is 0 Å². The fourth-order valence-corrected chi connectivity index (χ4v) is 2.76. The van der Waals surface area contributed by atoms with Gasteiger partial charge < -0.3 is 5.32 Å². The molecule has 88 valence electrons. The maximum Gasteiger partial charge on any atom is 0.239 e. The number of nitrogens with zero attached hydrogens (tertiary/aromatic N) is 2. The van der Waals surface area contributed by atoms with Crippen LogP contribution in [0.3, 0.4) is 0 Å². The zero-order chi connectivity index (χ0) is 12.1. The van der Waals surface area contributed by atoms with Gasteiger partial charge in [0.2, 0.25) is 5.91 Å². The number of rotatable bonds is 4. The van der Waals surface area contributed by atoms with Crippen molar-refractivity contribution in [3.8, 4) is 0 Å². The smallest absolute Gasteiger partial charge is 0.239 e. The molecule has 0 saturated carbocycles. The molecule has 2 heterocycles. The van der Waals surface area contributed by atoms with E-state index in [0.29, 0.717) is 11.6 Å². The third-order valence-electron chi connectivity index (χ3n) is 2.03. The van der Waals surface area contributed by atoms with Gasteiger partial charge in [-0.05, 0) is 17.9 Å². The van der Waals surface area contributed by atoms with Crippen LogP contribution in [-0.2, 0) is 4.79 Å². The van der Waals surface area contributed by atoms with E-state index in [1.807, 2.05) is 17.5 Å². The van der Waals surface area contributed by atoms with E-state index in [9.17, 15) is 4.79 Å². The number of allylic oxidation sites excluding steroid dienone is 1. The number of thiophene rings is 1. The van der Waals surface area contributed by atoms with Gasteiger partial charge in [0.15, 0.2) is 5.17 Å². The van der Waals surface area contributed by atoms with Gasteiger partial charge in [-0.3, -0.25) is 4.79 Å². The molecule has 0 spiro atoms. The van der Waals surface area contributed by atoms with Crippen molar-refractivity contribution in [2.45, 2.75) is 11.7 Å². The lowest BCUT2D eigenvalue weighted by molar-refractivity contribution is -0.118. The first-order valence-electron chi connectivity index (χ1n) is 5.02. The predicted octanol–water partition coefficient (Wildman–Crippen LogP) is 2.25. The highest BCUT2D eigenvalue weighted by molar-refractivity contribution is 8.15. The highest BCUT2D eigenvalue weighted by atomic mass is 32.2. The van der Waals surface area contributed by atoms with E-state index in [1.165, 1.54) is 11.8 Å². The highest BCUT2D eigenvalue weighted by Crippen LogP contribution is 2.22. The van der Waals surface area contributed by atoms with Crippen LogP contribution in [0.1, 0.15) is 11.3 Å². The maximum atomic E-state index is 11.5. The van der Waals surface area contributed by atoms with E-state index in [2.05, 4.69) is 22.1 Å². The van der Waals surface area contributed by atoms with Crippen molar-refractivity contribution in [3.05, 3.63) is 35.0 Å². The van der Waals surface area contributed by atoms with Crippen LogP contribution in [0.2, 0.25) is 0 Å². The molecule has 1 N–H and O–H groups in total. The lowest BCUT2D eigenvalue weighted by Crippen LogP contribution is -2.24. The van der Waals surface area contributed by atoms with Gasteiger partial charge >= 0.3 is 0 Å². The van der Waals surface area contributed by atoms with Gasteiger partial charge in [0, 0.05) is 4.88 Å². The first kappa shape index (κ1) is 12.1. The maximum absolute atomic E-state index is 11.5. The molecule has 0 bridgehead atoms. The van der Waals surface area contributed by atoms with Gasteiger partial charge in [0.05, 0.1) is 11.5 Å². The van der Waals surface area contributed by atoms with Crippen LogP contribution < -0.4 is 5.32 Å². The Morgan fingerprint density at radius 3 is 3.18 bits per heavy atom. The molecule has 17 heavy (non-hydrogen) atoms. The summed E-state index contributed by atoms with van der Waals surface area (Å²) in [6.45, 7) is 3.62. The Labute approximate surface area is 108 Å². The lowest BCUT2D eigenvalue weighted by Gasteiger charge is -1.96. The normalized spacial score (nSPS) is 22.2. The molecule has 1 fully saturated rings. The number of carbonyl (C=O) groups excluding carboxylic acids is 1. The molecule has 1 aromatic rings. The van der Waals surface area contributed by atoms with E-state index in [-0.39, 0.29) is 11.2 Å². The Morgan fingerprint density at radius 2 is 2.47 bits per heavy atom. The van der Waals surface area contributed by atoms with Gasteiger partial charge in [-0.25, -0.2) is 0 Å². The fraction of sp³-hybridized carbons (Fsp3) is 0.182. The molecular formula is C11H11N3OS2. The molecule has 1 aliphatic rings. The third kappa shape index (κ3) is 3.28. The van der Waals surface area contributed by atoms with E-state index >= 15 is 0 Å². The number of amidine groups is 1. The Bertz CT molecular complexity index is 465. The Kier molecular flexibility index (Phi) is 4.11. The summed E-state index contributed by atoms with van der Waals surface area (Å²) in [5, 5.41) is 13.0. The lowest BCUT2D eigenvalue weighted by atomic mass is 10.3. The number of thioether (sulfide) groups is 1. The molecule has 0 aromatic carbocycles. The quantitative estimate of drug-likeness (QED) is 0.516. The second-order valence-corrected chi connectivity index (χ2v) is 5.46. The van der Waals surface area contributed by atoms with E-state index in [1.54, 1.807) is 23.6 Å². The van der Waals surface area contributed by atoms with Crippen molar-refractivity contribution in [3.63, 3.8) is 0 Å². The van der Waals surface area contributed by atoms with Crippen LogP contribution >= 0.6 is 23.1 Å². The van der Waals surface area contributed by atoms with Crippen LogP contribution in [-0.4, -0.2) is 22.5 Å². The molecular weight excluding hydrogens is 254 g/mol. The summed E-state index contributed by atoms with van der Waals surface area (Å²) in [5.74, 6) is -0.0278. The van der Waals surface area contributed by atoms with Crippen molar-refractivity contribution >= 4 is 40.4 Å². The standard InChI is InChI=1S/C11H11N3OS2/c1-2-4-9-10(15)13-11(17-9)14-12-7-8-5-3-6-16-8/h2-3,5-7,9H,1,4H2,(H,13,14,15)/b12-7-/t9-/m0/s1. The highest BCUT2D eigenvalue weighted by Gasteiger charge is 2.28. The Morgan fingerprint density at radius 1 is 1.59 bits per heavy atom. The molecule has 2 rings (SSSR count). The minimum absolute atomic E-state index is 0.0278. The van der Waals surface area contributed by atoms with E-state index in [0.717, 1.165) is 4.88 Å². The average molecular weight is 265 g/mol. The van der Waals surface area contributed by atoms with Gasteiger partial charge in [-0.2, -0.15) is 5.10 Å². The van der Waals surface area contributed by atoms with Crippen molar-refractivity contribution in [1.29, 1.82) is 0 Å². The molecule has 0 aliphatic carbocycles. The van der Waals surface area contributed by atoms with E-state index < -0.39 is 0 Å². The number of hydrogen-bond donors (Lipinski definition) is 1. The Balaban J connectivity index is 1.95. The van der Waals surface area contributed by atoms with Crippen molar-refractivity contribution in [2.24, 2.45) is 10.2 Å². The fourth-order valence-electron chi connectivity index (χ4n) is 1.26. The van der Waals surface area contributed by atoms with Crippen LogP contribution in [0, 0.1) is 0 Å². The summed E-state index contributed by atoms with van der Waals surface area (Å²) in [6, 6.07) is 3.90. The number of carbonyl (C=O) groups is 1. The number of nitrogens with one attached hydrogen (secondary N) is 1. The topological polar surface area (TPSA) is 53.8 Å². The van der Waals surface area contributed by atoms with Crippen LogP contribution in [0.4, 0.5) is 0 Å². The van der Waals surface area contributed by atoms with Gasteiger partial charge in [0.1, 0.15) is 0 Å². The van der Waals surface area contributed by atoms with Crippen LogP contribution in [0.25, 0.3) is 0 Å². The minimum atomic E-state index is -0.122.